The van der Waals surface area contributed by atoms with E-state index in [2.05, 4.69) is 11.8 Å². The van der Waals surface area contributed by atoms with Gasteiger partial charge in [0.25, 0.3) is 5.91 Å². The van der Waals surface area contributed by atoms with Crippen LogP contribution in [0.5, 0.6) is 0 Å². The van der Waals surface area contributed by atoms with Gasteiger partial charge in [0.05, 0.1) is 19.8 Å². The average molecular weight is 254 g/mol. The van der Waals surface area contributed by atoms with Gasteiger partial charge in [0, 0.05) is 25.2 Å². The van der Waals surface area contributed by atoms with Gasteiger partial charge in [0.15, 0.2) is 6.10 Å². The molecular weight excluding hydrogens is 232 g/mol. The Morgan fingerprint density at radius 1 is 1.28 bits per heavy atom. The third kappa shape index (κ3) is 2.27. The average Bonchev–Trinajstić information content (AvgIpc) is 2.85. The van der Waals surface area contributed by atoms with Crippen LogP contribution < -0.4 is 0 Å². The summed E-state index contributed by atoms with van der Waals surface area (Å²) in [6.45, 7) is 6.75. The fraction of sp³-hybridized carbons (Fsp3) is 0.923. The van der Waals surface area contributed by atoms with Crippen LogP contribution in [0.15, 0.2) is 0 Å². The Morgan fingerprint density at radius 2 is 2.17 bits per heavy atom. The minimum Gasteiger partial charge on any atom is -0.376 e. The van der Waals surface area contributed by atoms with E-state index in [-0.39, 0.29) is 18.1 Å². The first-order valence-electron chi connectivity index (χ1n) is 6.99. The maximum Gasteiger partial charge on any atom is 0.254 e. The molecule has 102 valence electrons. The van der Waals surface area contributed by atoms with Crippen LogP contribution in [0.4, 0.5) is 0 Å². The summed E-state index contributed by atoms with van der Waals surface area (Å²) in [6.07, 6.45) is 2.11. The Hall–Kier alpha value is -0.650. The van der Waals surface area contributed by atoms with E-state index in [0.717, 1.165) is 13.1 Å². The minimum atomic E-state index is -0.380. The van der Waals surface area contributed by atoms with Crippen molar-refractivity contribution in [2.24, 2.45) is 0 Å². The van der Waals surface area contributed by atoms with Crippen LogP contribution in [0.3, 0.4) is 0 Å². The molecule has 0 N–H and O–H groups in total. The van der Waals surface area contributed by atoms with E-state index in [0.29, 0.717) is 25.9 Å². The summed E-state index contributed by atoms with van der Waals surface area (Å²) in [5.41, 5.74) is 0. The molecule has 3 atom stereocenters. The van der Waals surface area contributed by atoms with E-state index in [4.69, 9.17) is 9.47 Å². The number of hydrogen-bond acceptors (Lipinski definition) is 4. The molecule has 5 heteroatoms. The molecule has 0 bridgehead atoms. The molecule has 3 aliphatic heterocycles. The van der Waals surface area contributed by atoms with Crippen LogP contribution in [0.1, 0.15) is 19.8 Å². The number of amides is 1. The highest BCUT2D eigenvalue weighted by Gasteiger charge is 2.39. The lowest BCUT2D eigenvalue weighted by molar-refractivity contribution is -0.163. The van der Waals surface area contributed by atoms with Crippen molar-refractivity contribution in [1.29, 1.82) is 0 Å². The highest BCUT2D eigenvalue weighted by Crippen LogP contribution is 2.25. The first-order chi connectivity index (χ1) is 8.75. The summed E-state index contributed by atoms with van der Waals surface area (Å²) in [5.74, 6) is 0.119. The third-order valence-electron chi connectivity index (χ3n) is 4.31. The van der Waals surface area contributed by atoms with Gasteiger partial charge in [-0.1, -0.05) is 0 Å². The quantitative estimate of drug-likeness (QED) is 0.665. The summed E-state index contributed by atoms with van der Waals surface area (Å²) in [5, 5.41) is 0. The molecule has 1 amide bonds. The smallest absolute Gasteiger partial charge is 0.254 e. The topological polar surface area (TPSA) is 42.0 Å². The predicted octanol–water partition coefficient (Wildman–Crippen LogP) is 0.0969. The van der Waals surface area contributed by atoms with Crippen LogP contribution in [0.2, 0.25) is 0 Å². The largest absolute Gasteiger partial charge is 0.376 e. The zero-order valence-corrected chi connectivity index (χ0v) is 11.0. The van der Waals surface area contributed by atoms with E-state index < -0.39 is 0 Å². The number of fused-ring (bicyclic) bond motifs is 1. The van der Waals surface area contributed by atoms with E-state index in [1.807, 2.05) is 4.90 Å². The standard InChI is InChI=1S/C13H22N2O3/c1-10-7-14-4-2-3-11(14)8-15(10)13(16)12-9-17-5-6-18-12/h10-12H,2-9H2,1H3/t10-,11+,12+/m1/s1. The molecule has 3 saturated heterocycles. The van der Waals surface area contributed by atoms with Gasteiger partial charge in [-0.15, -0.1) is 0 Å². The molecule has 18 heavy (non-hydrogen) atoms. The lowest BCUT2D eigenvalue weighted by Crippen LogP contribution is -2.59. The van der Waals surface area contributed by atoms with Crippen molar-refractivity contribution in [3.63, 3.8) is 0 Å². The molecule has 0 aromatic carbocycles. The Kier molecular flexibility index (Phi) is 3.54. The van der Waals surface area contributed by atoms with Crippen molar-refractivity contribution in [2.45, 2.75) is 38.0 Å². The summed E-state index contributed by atoms with van der Waals surface area (Å²) >= 11 is 0. The van der Waals surface area contributed by atoms with Crippen molar-refractivity contribution >= 4 is 5.91 Å². The Balaban J connectivity index is 1.65. The molecule has 0 aliphatic carbocycles. The zero-order chi connectivity index (χ0) is 12.5. The van der Waals surface area contributed by atoms with Gasteiger partial charge in [0.1, 0.15) is 0 Å². The van der Waals surface area contributed by atoms with Gasteiger partial charge in [-0.3, -0.25) is 9.69 Å². The van der Waals surface area contributed by atoms with Gasteiger partial charge in [0.2, 0.25) is 0 Å². The number of piperazine rings is 1. The molecule has 0 saturated carbocycles. The van der Waals surface area contributed by atoms with E-state index >= 15 is 0 Å². The molecular formula is C13H22N2O3. The Bertz CT molecular complexity index is 317. The van der Waals surface area contributed by atoms with E-state index in [1.165, 1.54) is 19.4 Å². The van der Waals surface area contributed by atoms with Gasteiger partial charge in [-0.05, 0) is 26.3 Å². The summed E-state index contributed by atoms with van der Waals surface area (Å²) in [4.78, 5) is 17.0. The molecule has 0 aromatic heterocycles. The van der Waals surface area contributed by atoms with Crippen LogP contribution in [-0.2, 0) is 14.3 Å². The van der Waals surface area contributed by atoms with Gasteiger partial charge >= 0.3 is 0 Å². The summed E-state index contributed by atoms with van der Waals surface area (Å²) in [6, 6.07) is 0.854. The predicted molar refractivity (Wildman–Crippen MR) is 66.3 cm³/mol. The molecule has 3 aliphatic rings. The van der Waals surface area contributed by atoms with Crippen molar-refractivity contribution < 1.29 is 14.3 Å². The minimum absolute atomic E-state index is 0.119. The van der Waals surface area contributed by atoms with Crippen LogP contribution in [0.25, 0.3) is 0 Å². The van der Waals surface area contributed by atoms with Crippen LogP contribution >= 0.6 is 0 Å². The second kappa shape index (κ2) is 5.15. The van der Waals surface area contributed by atoms with Crippen molar-refractivity contribution in [3.05, 3.63) is 0 Å². The number of rotatable bonds is 1. The highest BCUT2D eigenvalue weighted by molar-refractivity contribution is 5.81. The molecule has 0 radical (unpaired) electrons. The lowest BCUT2D eigenvalue weighted by atomic mass is 10.1. The first-order valence-corrected chi connectivity index (χ1v) is 6.99. The summed E-state index contributed by atoms with van der Waals surface area (Å²) < 4.78 is 10.9. The molecule has 5 nitrogen and oxygen atoms in total. The maximum absolute atomic E-state index is 12.5. The molecule has 0 spiro atoms. The Labute approximate surface area is 108 Å². The number of ether oxygens (including phenoxy) is 2. The van der Waals surface area contributed by atoms with Crippen molar-refractivity contribution in [3.8, 4) is 0 Å². The molecule has 3 heterocycles. The molecule has 3 rings (SSSR count). The monoisotopic (exact) mass is 254 g/mol. The van der Waals surface area contributed by atoms with Crippen molar-refractivity contribution in [2.75, 3.05) is 39.5 Å². The molecule has 3 fully saturated rings. The maximum atomic E-state index is 12.5. The van der Waals surface area contributed by atoms with Gasteiger partial charge < -0.3 is 14.4 Å². The fourth-order valence-electron chi connectivity index (χ4n) is 3.31. The van der Waals surface area contributed by atoms with E-state index in [9.17, 15) is 4.79 Å². The van der Waals surface area contributed by atoms with Crippen LogP contribution in [-0.4, -0.2) is 73.3 Å². The first kappa shape index (κ1) is 12.4. The zero-order valence-electron chi connectivity index (χ0n) is 11.0. The van der Waals surface area contributed by atoms with Gasteiger partial charge in [-0.2, -0.15) is 0 Å². The van der Waals surface area contributed by atoms with Crippen LogP contribution in [0, 0.1) is 0 Å². The Morgan fingerprint density at radius 3 is 2.94 bits per heavy atom. The summed E-state index contributed by atoms with van der Waals surface area (Å²) in [7, 11) is 0. The van der Waals surface area contributed by atoms with Gasteiger partial charge in [-0.25, -0.2) is 0 Å². The van der Waals surface area contributed by atoms with Crippen molar-refractivity contribution in [1.82, 2.24) is 9.80 Å². The van der Waals surface area contributed by atoms with E-state index in [1.54, 1.807) is 0 Å². The number of hydrogen-bond donors (Lipinski definition) is 0. The normalized spacial score (nSPS) is 37.6. The number of nitrogens with zero attached hydrogens (tertiary/aromatic N) is 2. The number of carbonyl (C=O) groups is 1. The highest BCUT2D eigenvalue weighted by atomic mass is 16.6. The SMILES string of the molecule is C[C@@H]1CN2CCC[C@H]2CN1C(=O)[C@@H]1COCCO1. The third-order valence-corrected chi connectivity index (χ3v) is 4.31. The second-order valence-corrected chi connectivity index (χ2v) is 5.56. The second-order valence-electron chi connectivity index (χ2n) is 5.56. The molecule has 0 unspecified atom stereocenters. The fourth-order valence-corrected chi connectivity index (χ4v) is 3.31. The molecule has 0 aromatic rings. The lowest BCUT2D eigenvalue weighted by Gasteiger charge is -2.43. The number of carbonyl (C=O) groups excluding carboxylic acids is 1.